The van der Waals surface area contributed by atoms with E-state index in [2.05, 4.69) is 10.2 Å². The maximum atomic E-state index is 12.4. The van der Waals surface area contributed by atoms with Crippen LogP contribution in [0.15, 0.2) is 0 Å². The number of carbonyl (C=O) groups excluding carboxylic acids is 1. The third kappa shape index (κ3) is 2.68. The van der Waals surface area contributed by atoms with Crippen molar-refractivity contribution in [3.05, 3.63) is 0 Å². The van der Waals surface area contributed by atoms with E-state index in [0.717, 1.165) is 13.1 Å². The smallest absolute Gasteiger partial charge is 0.240 e. The third-order valence-electron chi connectivity index (χ3n) is 4.10. The van der Waals surface area contributed by atoms with Crippen molar-refractivity contribution in [1.29, 1.82) is 0 Å². The van der Waals surface area contributed by atoms with Gasteiger partial charge in [0.1, 0.15) is 6.10 Å². The lowest BCUT2D eigenvalue weighted by atomic mass is 10.0. The zero-order chi connectivity index (χ0) is 13.2. The fourth-order valence-corrected chi connectivity index (χ4v) is 2.67. The highest BCUT2D eigenvalue weighted by Gasteiger charge is 2.39. The number of ether oxygens (including phenoxy) is 2. The highest BCUT2D eigenvalue weighted by atomic mass is 16.5. The zero-order valence-electron chi connectivity index (χ0n) is 11.6. The van der Waals surface area contributed by atoms with E-state index in [-0.39, 0.29) is 18.1 Å². The minimum atomic E-state index is -0.447. The Bertz CT molecular complexity index is 301. The molecule has 0 spiro atoms. The first kappa shape index (κ1) is 13.8. The topological polar surface area (TPSA) is 50.8 Å². The Hall–Kier alpha value is -0.650. The van der Waals surface area contributed by atoms with E-state index >= 15 is 0 Å². The number of nitrogens with one attached hydrogen (secondary N) is 1. The van der Waals surface area contributed by atoms with Gasteiger partial charge in [-0.3, -0.25) is 9.69 Å². The van der Waals surface area contributed by atoms with Crippen LogP contribution >= 0.6 is 0 Å². The Kier molecular flexibility index (Phi) is 4.25. The molecular formula is C13H24N2O3. The van der Waals surface area contributed by atoms with Crippen molar-refractivity contribution in [2.75, 3.05) is 33.4 Å². The van der Waals surface area contributed by atoms with Crippen LogP contribution in [-0.2, 0) is 14.3 Å². The second-order valence-corrected chi connectivity index (χ2v) is 5.64. The molecule has 2 fully saturated rings. The molecule has 1 amide bonds. The van der Waals surface area contributed by atoms with Crippen molar-refractivity contribution in [3.63, 3.8) is 0 Å². The number of hydrogen-bond donors (Lipinski definition) is 1. The fourth-order valence-electron chi connectivity index (χ4n) is 2.67. The molecule has 2 rings (SSSR count). The number of nitrogens with zero attached hydrogens (tertiary/aromatic N) is 1. The van der Waals surface area contributed by atoms with Gasteiger partial charge in [0.15, 0.2) is 0 Å². The fraction of sp³-hybridized carbons (Fsp3) is 0.923. The van der Waals surface area contributed by atoms with Crippen molar-refractivity contribution in [2.24, 2.45) is 0 Å². The predicted octanol–water partition coefficient (Wildman–Crippen LogP) is 0.391. The van der Waals surface area contributed by atoms with Crippen LogP contribution in [0, 0.1) is 0 Å². The number of amides is 1. The first-order valence-corrected chi connectivity index (χ1v) is 6.72. The molecule has 18 heavy (non-hydrogen) atoms. The lowest BCUT2D eigenvalue weighted by molar-refractivity contribution is -0.132. The molecule has 0 aromatic carbocycles. The highest BCUT2D eigenvalue weighted by Crippen LogP contribution is 2.22. The van der Waals surface area contributed by atoms with Gasteiger partial charge < -0.3 is 14.8 Å². The molecule has 2 saturated heterocycles. The molecular weight excluding hydrogens is 232 g/mol. The summed E-state index contributed by atoms with van der Waals surface area (Å²) in [5.41, 5.74) is -0.447. The van der Waals surface area contributed by atoms with Gasteiger partial charge in [-0.1, -0.05) is 0 Å². The van der Waals surface area contributed by atoms with Gasteiger partial charge in [0.2, 0.25) is 5.91 Å². The largest absolute Gasteiger partial charge is 0.377 e. The Morgan fingerprint density at radius 1 is 1.33 bits per heavy atom. The summed E-state index contributed by atoms with van der Waals surface area (Å²) in [6.45, 7) is 7.10. The van der Waals surface area contributed by atoms with Crippen LogP contribution < -0.4 is 5.32 Å². The standard InChI is InChI=1S/C13H24N2O3/c1-13(2,15-6-4-5-7-15)12(16)14-10-8-18-9-11(10)17-3/h10-11H,4-9H2,1-3H3,(H,14,16)/t10-,11-/m0/s1. The van der Waals surface area contributed by atoms with Gasteiger partial charge in [-0.05, 0) is 39.8 Å². The third-order valence-corrected chi connectivity index (χ3v) is 4.10. The van der Waals surface area contributed by atoms with Gasteiger partial charge in [-0.25, -0.2) is 0 Å². The van der Waals surface area contributed by atoms with E-state index in [1.165, 1.54) is 12.8 Å². The van der Waals surface area contributed by atoms with Crippen LogP contribution in [0.3, 0.4) is 0 Å². The van der Waals surface area contributed by atoms with Crippen molar-refractivity contribution in [2.45, 2.75) is 44.4 Å². The van der Waals surface area contributed by atoms with Gasteiger partial charge in [0.05, 0.1) is 24.8 Å². The lowest BCUT2D eigenvalue weighted by Crippen LogP contribution is -2.57. The monoisotopic (exact) mass is 256 g/mol. The van der Waals surface area contributed by atoms with E-state index in [1.807, 2.05) is 13.8 Å². The summed E-state index contributed by atoms with van der Waals surface area (Å²) in [6.07, 6.45) is 2.34. The van der Waals surface area contributed by atoms with E-state index < -0.39 is 5.54 Å². The van der Waals surface area contributed by atoms with Gasteiger partial charge >= 0.3 is 0 Å². The molecule has 5 nitrogen and oxygen atoms in total. The maximum absolute atomic E-state index is 12.4. The Morgan fingerprint density at radius 2 is 2.00 bits per heavy atom. The van der Waals surface area contributed by atoms with Crippen LogP contribution in [-0.4, -0.2) is 61.9 Å². The number of rotatable bonds is 4. The second kappa shape index (κ2) is 5.55. The average Bonchev–Trinajstić information content (AvgIpc) is 2.99. The first-order chi connectivity index (χ1) is 8.55. The second-order valence-electron chi connectivity index (χ2n) is 5.64. The van der Waals surface area contributed by atoms with Gasteiger partial charge in [0, 0.05) is 7.11 Å². The van der Waals surface area contributed by atoms with Gasteiger partial charge in [-0.2, -0.15) is 0 Å². The molecule has 0 radical (unpaired) electrons. The zero-order valence-corrected chi connectivity index (χ0v) is 11.6. The average molecular weight is 256 g/mol. The number of likely N-dealkylation sites (tertiary alicyclic amines) is 1. The van der Waals surface area contributed by atoms with E-state index in [4.69, 9.17) is 9.47 Å². The Morgan fingerprint density at radius 3 is 2.61 bits per heavy atom. The maximum Gasteiger partial charge on any atom is 0.240 e. The Balaban J connectivity index is 1.93. The molecule has 2 heterocycles. The van der Waals surface area contributed by atoms with Gasteiger partial charge in [-0.15, -0.1) is 0 Å². The van der Waals surface area contributed by atoms with Crippen molar-refractivity contribution in [3.8, 4) is 0 Å². The summed E-state index contributed by atoms with van der Waals surface area (Å²) < 4.78 is 10.7. The summed E-state index contributed by atoms with van der Waals surface area (Å²) in [6, 6.07) is -0.0237. The summed E-state index contributed by atoms with van der Waals surface area (Å²) in [5.74, 6) is 0.0713. The minimum Gasteiger partial charge on any atom is -0.377 e. The summed E-state index contributed by atoms with van der Waals surface area (Å²) >= 11 is 0. The van der Waals surface area contributed by atoms with Gasteiger partial charge in [0.25, 0.3) is 0 Å². The van der Waals surface area contributed by atoms with Crippen LogP contribution in [0.25, 0.3) is 0 Å². The summed E-state index contributed by atoms with van der Waals surface area (Å²) in [5, 5.41) is 3.07. The van der Waals surface area contributed by atoms with E-state index in [9.17, 15) is 4.79 Å². The van der Waals surface area contributed by atoms with Crippen molar-refractivity contribution in [1.82, 2.24) is 10.2 Å². The number of carbonyl (C=O) groups is 1. The molecule has 2 atom stereocenters. The number of methoxy groups -OCH3 is 1. The molecule has 1 N–H and O–H groups in total. The summed E-state index contributed by atoms with van der Waals surface area (Å²) in [4.78, 5) is 14.7. The van der Waals surface area contributed by atoms with Crippen LogP contribution in [0.5, 0.6) is 0 Å². The van der Waals surface area contributed by atoms with Crippen molar-refractivity contribution >= 4 is 5.91 Å². The molecule has 2 aliphatic heterocycles. The SMILES string of the molecule is CO[C@H]1COC[C@@H]1NC(=O)C(C)(C)N1CCCC1. The number of hydrogen-bond acceptors (Lipinski definition) is 4. The van der Waals surface area contributed by atoms with Crippen LogP contribution in [0.4, 0.5) is 0 Å². The molecule has 0 unspecified atom stereocenters. The van der Waals surface area contributed by atoms with Crippen LogP contribution in [0.2, 0.25) is 0 Å². The molecule has 0 aliphatic carbocycles. The normalized spacial score (nSPS) is 29.7. The molecule has 2 aliphatic rings. The predicted molar refractivity (Wildman–Crippen MR) is 68.4 cm³/mol. The molecule has 0 aromatic heterocycles. The van der Waals surface area contributed by atoms with Crippen LogP contribution in [0.1, 0.15) is 26.7 Å². The lowest BCUT2D eigenvalue weighted by Gasteiger charge is -2.35. The van der Waals surface area contributed by atoms with E-state index in [1.54, 1.807) is 7.11 Å². The molecule has 0 bridgehead atoms. The first-order valence-electron chi connectivity index (χ1n) is 6.72. The molecule has 5 heteroatoms. The molecule has 104 valence electrons. The van der Waals surface area contributed by atoms with Crippen molar-refractivity contribution < 1.29 is 14.3 Å². The molecule has 0 saturated carbocycles. The molecule has 0 aromatic rings. The Labute approximate surface area is 109 Å². The summed E-state index contributed by atoms with van der Waals surface area (Å²) in [7, 11) is 1.66. The highest BCUT2D eigenvalue weighted by molar-refractivity contribution is 5.85. The quantitative estimate of drug-likeness (QED) is 0.790. The van der Waals surface area contributed by atoms with E-state index in [0.29, 0.717) is 13.2 Å². The minimum absolute atomic E-state index is 0.0237.